The van der Waals surface area contributed by atoms with E-state index in [1.165, 1.54) is 12.5 Å². The van der Waals surface area contributed by atoms with Crippen molar-refractivity contribution in [1.29, 1.82) is 0 Å². The lowest BCUT2D eigenvalue weighted by Gasteiger charge is -2.27. The molecule has 0 radical (unpaired) electrons. The molecule has 2 N–H and O–H groups in total. The maximum absolute atomic E-state index is 12.0. The maximum atomic E-state index is 12.0. The Morgan fingerprint density at radius 2 is 2.19 bits per heavy atom. The van der Waals surface area contributed by atoms with Crippen LogP contribution in [-0.4, -0.2) is 29.3 Å². The van der Waals surface area contributed by atoms with E-state index in [9.17, 15) is 8.42 Å². The molecule has 0 atom stereocenters. The minimum Gasteiger partial charge on any atom is -0.335 e. The van der Waals surface area contributed by atoms with Crippen LogP contribution in [0.2, 0.25) is 0 Å². The van der Waals surface area contributed by atoms with Crippen LogP contribution in [0.25, 0.3) is 0 Å². The molecule has 1 aromatic heterocycles. The van der Waals surface area contributed by atoms with Crippen LogP contribution in [0.1, 0.15) is 25.7 Å². The summed E-state index contributed by atoms with van der Waals surface area (Å²) < 4.78 is 26.8. The van der Waals surface area contributed by atoms with Gasteiger partial charge in [-0.05, 0) is 12.8 Å². The average Bonchev–Trinajstić information content (AvgIpc) is 2.87. The minimum absolute atomic E-state index is 0.125. The molecule has 0 spiro atoms. The van der Waals surface area contributed by atoms with Gasteiger partial charge in [0.25, 0.3) is 10.0 Å². The summed E-state index contributed by atoms with van der Waals surface area (Å²) >= 11 is 3.40. The lowest BCUT2D eigenvalue weighted by molar-refractivity contribution is 0.437. The van der Waals surface area contributed by atoms with E-state index in [1.807, 2.05) is 0 Å². The largest absolute Gasteiger partial charge is 0.335 e. The predicted molar refractivity (Wildman–Crippen MR) is 63.9 cm³/mol. The Bertz CT molecular complexity index is 437. The normalized spacial score (nSPS) is 20.1. The number of rotatable bonds is 4. The molecule has 1 fully saturated rings. The molecule has 2 rings (SSSR count). The second-order valence-electron chi connectivity index (χ2n) is 4.14. The quantitative estimate of drug-likeness (QED) is 0.826. The number of imidazole rings is 1. The summed E-state index contributed by atoms with van der Waals surface area (Å²) in [5.41, 5.74) is -0.329. The second kappa shape index (κ2) is 4.46. The van der Waals surface area contributed by atoms with E-state index in [4.69, 9.17) is 0 Å². The molecule has 0 bridgehead atoms. The van der Waals surface area contributed by atoms with Crippen molar-refractivity contribution in [3.05, 3.63) is 12.5 Å². The third-order valence-corrected chi connectivity index (χ3v) is 5.51. The van der Waals surface area contributed by atoms with Crippen LogP contribution in [0.3, 0.4) is 0 Å². The van der Waals surface area contributed by atoms with Crippen LogP contribution in [0, 0.1) is 0 Å². The van der Waals surface area contributed by atoms with Gasteiger partial charge < -0.3 is 4.98 Å². The molecule has 1 aromatic rings. The molecule has 1 heterocycles. The van der Waals surface area contributed by atoms with Gasteiger partial charge in [-0.3, -0.25) is 0 Å². The molecule has 0 amide bonds. The number of aromatic amines is 1. The highest BCUT2D eigenvalue weighted by Crippen LogP contribution is 2.32. The van der Waals surface area contributed by atoms with Gasteiger partial charge in [0.1, 0.15) is 0 Å². The Balaban J connectivity index is 2.20. The number of alkyl halides is 1. The second-order valence-corrected chi connectivity index (χ2v) is 6.35. The number of hydrogen-bond acceptors (Lipinski definition) is 3. The van der Waals surface area contributed by atoms with Gasteiger partial charge in [0.2, 0.25) is 0 Å². The van der Waals surface area contributed by atoms with Gasteiger partial charge in [0.05, 0.1) is 12.5 Å². The Kier molecular flexibility index (Phi) is 3.37. The third kappa shape index (κ3) is 2.31. The van der Waals surface area contributed by atoms with E-state index in [2.05, 4.69) is 30.6 Å². The van der Waals surface area contributed by atoms with E-state index in [1.54, 1.807) is 0 Å². The zero-order chi connectivity index (χ0) is 11.6. The fraction of sp³-hybridized carbons (Fsp3) is 0.667. The first kappa shape index (κ1) is 12.1. The number of nitrogens with one attached hydrogen (secondary N) is 2. The molecular formula is C9H14BrN3O2S. The van der Waals surface area contributed by atoms with Crippen LogP contribution in [0.5, 0.6) is 0 Å². The molecule has 1 saturated carbocycles. The summed E-state index contributed by atoms with van der Waals surface area (Å²) in [4.78, 5) is 6.34. The van der Waals surface area contributed by atoms with Crippen molar-refractivity contribution in [2.75, 3.05) is 5.33 Å². The van der Waals surface area contributed by atoms with Crippen molar-refractivity contribution in [2.24, 2.45) is 0 Å². The monoisotopic (exact) mass is 307 g/mol. The van der Waals surface area contributed by atoms with Crippen molar-refractivity contribution < 1.29 is 8.42 Å². The number of sulfonamides is 1. The first-order chi connectivity index (χ1) is 7.58. The van der Waals surface area contributed by atoms with Gasteiger partial charge in [-0.15, -0.1) is 0 Å². The summed E-state index contributed by atoms with van der Waals surface area (Å²) in [5, 5.41) is 0.771. The number of aromatic nitrogens is 2. The summed E-state index contributed by atoms with van der Waals surface area (Å²) in [6.07, 6.45) is 6.58. The van der Waals surface area contributed by atoms with Crippen molar-refractivity contribution in [2.45, 2.75) is 36.2 Å². The SMILES string of the molecule is O=S(=O)(NC1(CBr)CCCC1)c1cnc[nH]1. The highest BCUT2D eigenvalue weighted by molar-refractivity contribution is 9.09. The topological polar surface area (TPSA) is 74.8 Å². The number of nitrogens with zero attached hydrogens (tertiary/aromatic N) is 1. The predicted octanol–water partition coefficient (Wildman–Crippen LogP) is 1.40. The van der Waals surface area contributed by atoms with Gasteiger partial charge in [-0.1, -0.05) is 28.8 Å². The smallest absolute Gasteiger partial charge is 0.258 e. The molecule has 0 unspecified atom stereocenters. The van der Waals surface area contributed by atoms with Crippen LogP contribution < -0.4 is 4.72 Å². The molecule has 16 heavy (non-hydrogen) atoms. The van der Waals surface area contributed by atoms with E-state index < -0.39 is 10.0 Å². The molecule has 1 aliphatic rings. The Morgan fingerprint density at radius 3 is 2.69 bits per heavy atom. The first-order valence-electron chi connectivity index (χ1n) is 5.16. The van der Waals surface area contributed by atoms with Crippen molar-refractivity contribution in [3.8, 4) is 0 Å². The van der Waals surface area contributed by atoms with E-state index in [-0.39, 0.29) is 10.6 Å². The fourth-order valence-corrected chi connectivity index (χ4v) is 4.30. The summed E-state index contributed by atoms with van der Waals surface area (Å²) in [7, 11) is -3.47. The molecule has 7 heteroatoms. The van der Waals surface area contributed by atoms with E-state index in [0.29, 0.717) is 5.33 Å². The van der Waals surface area contributed by atoms with E-state index in [0.717, 1.165) is 25.7 Å². The highest BCUT2D eigenvalue weighted by atomic mass is 79.9. The molecule has 0 saturated heterocycles. The molecule has 1 aliphatic carbocycles. The Hall–Kier alpha value is -0.400. The van der Waals surface area contributed by atoms with Crippen LogP contribution in [0.15, 0.2) is 17.6 Å². The maximum Gasteiger partial charge on any atom is 0.258 e. The van der Waals surface area contributed by atoms with Crippen LogP contribution in [0.4, 0.5) is 0 Å². The van der Waals surface area contributed by atoms with Gasteiger partial charge >= 0.3 is 0 Å². The molecular weight excluding hydrogens is 294 g/mol. The lowest BCUT2D eigenvalue weighted by Crippen LogP contribution is -2.47. The Labute approximate surface area is 103 Å². The number of halogens is 1. The number of H-pyrrole nitrogens is 1. The van der Waals surface area contributed by atoms with Crippen molar-refractivity contribution in [1.82, 2.24) is 14.7 Å². The van der Waals surface area contributed by atoms with Crippen LogP contribution in [-0.2, 0) is 10.0 Å². The summed E-state index contributed by atoms with van der Waals surface area (Å²) in [5.74, 6) is 0. The highest BCUT2D eigenvalue weighted by Gasteiger charge is 2.37. The minimum atomic E-state index is -3.47. The average molecular weight is 308 g/mol. The third-order valence-electron chi connectivity index (χ3n) is 2.93. The van der Waals surface area contributed by atoms with Gasteiger partial charge in [0.15, 0.2) is 5.03 Å². The molecule has 0 aromatic carbocycles. The first-order valence-corrected chi connectivity index (χ1v) is 7.77. The van der Waals surface area contributed by atoms with Crippen LogP contribution >= 0.6 is 15.9 Å². The molecule has 0 aliphatic heterocycles. The van der Waals surface area contributed by atoms with Crippen molar-refractivity contribution >= 4 is 26.0 Å². The Morgan fingerprint density at radius 1 is 1.50 bits per heavy atom. The van der Waals surface area contributed by atoms with Crippen molar-refractivity contribution in [3.63, 3.8) is 0 Å². The number of hydrogen-bond donors (Lipinski definition) is 2. The zero-order valence-electron chi connectivity index (χ0n) is 8.74. The van der Waals surface area contributed by atoms with Gasteiger partial charge in [-0.25, -0.2) is 18.1 Å². The van der Waals surface area contributed by atoms with Gasteiger partial charge in [0, 0.05) is 10.9 Å². The summed E-state index contributed by atoms with van der Waals surface area (Å²) in [6.45, 7) is 0. The summed E-state index contributed by atoms with van der Waals surface area (Å²) in [6, 6.07) is 0. The molecule has 5 nitrogen and oxygen atoms in total. The van der Waals surface area contributed by atoms with E-state index >= 15 is 0 Å². The fourth-order valence-electron chi connectivity index (χ4n) is 2.04. The standard InChI is InChI=1S/C9H14BrN3O2S/c10-6-9(3-1-2-4-9)13-16(14,15)8-5-11-7-12-8/h5,7,13H,1-4,6H2,(H,11,12). The molecule has 90 valence electrons. The zero-order valence-corrected chi connectivity index (χ0v) is 11.1. The lowest BCUT2D eigenvalue weighted by atomic mass is 10.0. The van der Waals surface area contributed by atoms with Gasteiger partial charge in [-0.2, -0.15) is 0 Å².